The third-order valence-corrected chi connectivity index (χ3v) is 5.08. The van der Waals surface area contributed by atoms with E-state index >= 15 is 0 Å². The molecular weight excluding hydrogens is 290 g/mol. The van der Waals surface area contributed by atoms with Crippen LogP contribution in [-0.4, -0.2) is 52.5 Å². The van der Waals surface area contributed by atoms with Gasteiger partial charge in [0, 0.05) is 32.9 Å². The highest BCUT2D eigenvalue weighted by molar-refractivity contribution is 7.89. The Balaban J connectivity index is 2.05. The summed E-state index contributed by atoms with van der Waals surface area (Å²) in [5, 5.41) is 8.08. The summed E-state index contributed by atoms with van der Waals surface area (Å²) in [5.74, 6) is 0.0245. The van der Waals surface area contributed by atoms with Gasteiger partial charge in [-0.25, -0.2) is 17.4 Å². The van der Waals surface area contributed by atoms with E-state index < -0.39 is 10.0 Å². The zero-order chi connectivity index (χ0) is 15.5. The molecule has 0 aliphatic heterocycles. The zero-order valence-corrected chi connectivity index (χ0v) is 13.2. The molecule has 0 fully saturated rings. The molecule has 0 bridgehead atoms. The van der Waals surface area contributed by atoms with Crippen molar-refractivity contribution >= 4 is 10.0 Å². The largest absolute Gasteiger partial charge is 0.259 e. The standard InChI is InChI=1S/C13H19N5O2S/c1-11(13-6-4-5-8-14-13)18-10-12(15-16-18)7-9-21(19,20)17(2)3/h4-6,8,10-11H,7,9H2,1-3H3/t11-/m1/s1. The average Bonchev–Trinajstić information content (AvgIpc) is 2.94. The molecule has 0 N–H and O–H groups in total. The van der Waals surface area contributed by atoms with Crippen LogP contribution in [0.4, 0.5) is 0 Å². The van der Waals surface area contributed by atoms with Gasteiger partial charge in [0.05, 0.1) is 23.2 Å². The van der Waals surface area contributed by atoms with Crippen LogP contribution >= 0.6 is 0 Å². The van der Waals surface area contributed by atoms with Crippen LogP contribution in [0.2, 0.25) is 0 Å². The van der Waals surface area contributed by atoms with Crippen molar-refractivity contribution < 1.29 is 8.42 Å². The summed E-state index contributed by atoms with van der Waals surface area (Å²) in [7, 11) is -0.169. The van der Waals surface area contributed by atoms with Gasteiger partial charge in [-0.2, -0.15) is 0 Å². The lowest BCUT2D eigenvalue weighted by Gasteiger charge is -2.10. The van der Waals surface area contributed by atoms with Crippen LogP contribution in [-0.2, 0) is 16.4 Å². The monoisotopic (exact) mass is 309 g/mol. The molecular formula is C13H19N5O2S. The van der Waals surface area contributed by atoms with Gasteiger partial charge in [-0.05, 0) is 19.1 Å². The van der Waals surface area contributed by atoms with E-state index in [0.29, 0.717) is 12.1 Å². The van der Waals surface area contributed by atoms with Crippen LogP contribution in [0, 0.1) is 0 Å². The van der Waals surface area contributed by atoms with Gasteiger partial charge in [0.15, 0.2) is 0 Å². The molecule has 114 valence electrons. The Morgan fingerprint density at radius 3 is 2.71 bits per heavy atom. The van der Waals surface area contributed by atoms with Crippen LogP contribution in [0.5, 0.6) is 0 Å². The zero-order valence-electron chi connectivity index (χ0n) is 12.3. The molecule has 2 aromatic rings. The number of hydrogen-bond acceptors (Lipinski definition) is 5. The number of aromatic nitrogens is 4. The molecule has 2 rings (SSSR count). The van der Waals surface area contributed by atoms with Gasteiger partial charge in [-0.3, -0.25) is 4.98 Å². The van der Waals surface area contributed by atoms with Gasteiger partial charge in [-0.1, -0.05) is 11.3 Å². The van der Waals surface area contributed by atoms with E-state index in [2.05, 4.69) is 15.3 Å². The Bertz CT molecular complexity index is 682. The molecule has 0 aliphatic rings. The van der Waals surface area contributed by atoms with Gasteiger partial charge in [0.1, 0.15) is 0 Å². The Kier molecular flexibility index (Phi) is 4.69. The van der Waals surface area contributed by atoms with E-state index in [1.54, 1.807) is 17.1 Å². The molecule has 0 aliphatic carbocycles. The lowest BCUT2D eigenvalue weighted by Crippen LogP contribution is -2.26. The van der Waals surface area contributed by atoms with E-state index in [-0.39, 0.29) is 11.8 Å². The van der Waals surface area contributed by atoms with Crippen LogP contribution in [0.25, 0.3) is 0 Å². The quantitative estimate of drug-likeness (QED) is 0.785. The van der Waals surface area contributed by atoms with Crippen molar-refractivity contribution in [1.82, 2.24) is 24.3 Å². The lowest BCUT2D eigenvalue weighted by atomic mass is 10.2. The van der Waals surface area contributed by atoms with Crippen molar-refractivity contribution in [3.05, 3.63) is 42.0 Å². The number of sulfonamides is 1. The first-order chi connectivity index (χ1) is 9.90. The minimum Gasteiger partial charge on any atom is -0.259 e. The van der Waals surface area contributed by atoms with E-state index in [1.165, 1.54) is 18.4 Å². The predicted octanol–water partition coefficient (Wildman–Crippen LogP) is 0.716. The highest BCUT2D eigenvalue weighted by atomic mass is 32.2. The van der Waals surface area contributed by atoms with E-state index in [0.717, 1.165) is 5.69 Å². The number of hydrogen-bond donors (Lipinski definition) is 0. The molecule has 2 aromatic heterocycles. The molecule has 0 aromatic carbocycles. The Morgan fingerprint density at radius 1 is 1.33 bits per heavy atom. The normalized spacial score (nSPS) is 13.5. The third kappa shape index (κ3) is 3.85. The number of rotatable bonds is 6. The van der Waals surface area contributed by atoms with Gasteiger partial charge in [0.25, 0.3) is 0 Å². The highest BCUT2D eigenvalue weighted by Crippen LogP contribution is 2.14. The molecule has 1 atom stereocenters. The van der Waals surface area contributed by atoms with Crippen molar-refractivity contribution in [3.63, 3.8) is 0 Å². The molecule has 0 saturated heterocycles. The van der Waals surface area contributed by atoms with E-state index in [4.69, 9.17) is 0 Å². The summed E-state index contributed by atoms with van der Waals surface area (Å²) in [5.41, 5.74) is 1.54. The van der Waals surface area contributed by atoms with Crippen molar-refractivity contribution in [1.29, 1.82) is 0 Å². The maximum atomic E-state index is 11.7. The summed E-state index contributed by atoms with van der Waals surface area (Å²) >= 11 is 0. The smallest absolute Gasteiger partial charge is 0.213 e. The predicted molar refractivity (Wildman–Crippen MR) is 79.2 cm³/mol. The molecule has 0 spiro atoms. The Hall–Kier alpha value is -1.80. The van der Waals surface area contributed by atoms with Gasteiger partial charge < -0.3 is 0 Å². The minimum absolute atomic E-state index is 0.0245. The van der Waals surface area contributed by atoms with Gasteiger partial charge >= 0.3 is 0 Å². The van der Waals surface area contributed by atoms with Gasteiger partial charge in [-0.15, -0.1) is 5.10 Å². The van der Waals surface area contributed by atoms with Gasteiger partial charge in [0.2, 0.25) is 10.0 Å². The van der Waals surface area contributed by atoms with Crippen molar-refractivity contribution in [2.24, 2.45) is 0 Å². The molecule has 0 saturated carbocycles. The number of nitrogens with zero attached hydrogens (tertiary/aromatic N) is 5. The fraction of sp³-hybridized carbons (Fsp3) is 0.462. The fourth-order valence-corrected chi connectivity index (χ4v) is 2.62. The van der Waals surface area contributed by atoms with Crippen molar-refractivity contribution in [2.75, 3.05) is 19.8 Å². The molecule has 7 nitrogen and oxygen atoms in total. The van der Waals surface area contributed by atoms with Crippen molar-refractivity contribution in [2.45, 2.75) is 19.4 Å². The summed E-state index contributed by atoms with van der Waals surface area (Å²) in [6, 6.07) is 5.65. The topological polar surface area (TPSA) is 81.0 Å². The summed E-state index contributed by atoms with van der Waals surface area (Å²) in [4.78, 5) is 4.28. The summed E-state index contributed by atoms with van der Waals surface area (Å²) in [6.07, 6.45) is 3.84. The maximum Gasteiger partial charge on any atom is 0.213 e. The fourth-order valence-electron chi connectivity index (χ4n) is 1.79. The number of aryl methyl sites for hydroxylation is 1. The van der Waals surface area contributed by atoms with Crippen LogP contribution in [0.15, 0.2) is 30.6 Å². The lowest BCUT2D eigenvalue weighted by molar-refractivity contribution is 0.520. The van der Waals surface area contributed by atoms with Crippen LogP contribution < -0.4 is 0 Å². The summed E-state index contributed by atoms with van der Waals surface area (Å²) < 4.78 is 26.4. The molecule has 2 heterocycles. The minimum atomic E-state index is -3.22. The van der Waals surface area contributed by atoms with Crippen LogP contribution in [0.3, 0.4) is 0 Å². The molecule has 8 heteroatoms. The molecule has 0 amide bonds. The SMILES string of the molecule is C[C@H](c1ccccn1)n1cc(CCS(=O)(=O)N(C)C)nn1. The molecule has 0 radical (unpaired) electrons. The molecule has 21 heavy (non-hydrogen) atoms. The Labute approximate surface area is 124 Å². The number of pyridine rings is 1. The average molecular weight is 309 g/mol. The maximum absolute atomic E-state index is 11.7. The van der Waals surface area contributed by atoms with E-state index in [9.17, 15) is 8.42 Å². The second-order valence-corrected chi connectivity index (χ2v) is 7.27. The highest BCUT2D eigenvalue weighted by Gasteiger charge is 2.16. The summed E-state index contributed by atoms with van der Waals surface area (Å²) in [6.45, 7) is 1.97. The van der Waals surface area contributed by atoms with Crippen LogP contribution in [0.1, 0.15) is 24.4 Å². The first-order valence-corrected chi connectivity index (χ1v) is 8.23. The second kappa shape index (κ2) is 6.31. The van der Waals surface area contributed by atoms with E-state index in [1.807, 2.05) is 25.1 Å². The first kappa shape index (κ1) is 15.6. The Morgan fingerprint density at radius 2 is 2.10 bits per heavy atom. The first-order valence-electron chi connectivity index (χ1n) is 6.62. The van der Waals surface area contributed by atoms with Crippen molar-refractivity contribution in [3.8, 4) is 0 Å². The third-order valence-electron chi connectivity index (χ3n) is 3.24. The second-order valence-electron chi connectivity index (χ2n) is 4.97. The molecule has 0 unspecified atom stereocenters.